The number of ether oxygens (including phenoxy) is 1. The van der Waals surface area contributed by atoms with Gasteiger partial charge in [0.25, 0.3) is 0 Å². The molecule has 9 rings (SSSR count). The summed E-state index contributed by atoms with van der Waals surface area (Å²) >= 11 is 0. The second kappa shape index (κ2) is 9.83. The monoisotopic (exact) mass is 577 g/mol. The summed E-state index contributed by atoms with van der Waals surface area (Å²) in [6.45, 7) is 1.94. The van der Waals surface area contributed by atoms with Crippen LogP contribution in [-0.4, -0.2) is 15.0 Å². The molecule has 4 nitrogen and oxygen atoms in total. The Bertz CT molecular complexity index is 2230. The number of hydrogen-bond acceptors (Lipinski definition) is 4. The maximum Gasteiger partial charge on any atom is 0.164 e. The number of aromatic nitrogens is 3. The first kappa shape index (κ1) is 25.6. The van der Waals surface area contributed by atoms with Gasteiger partial charge in [-0.1, -0.05) is 127 Å². The van der Waals surface area contributed by atoms with Crippen molar-refractivity contribution in [1.29, 1.82) is 0 Å². The highest BCUT2D eigenvalue weighted by molar-refractivity contribution is 5.95. The van der Waals surface area contributed by atoms with Crippen molar-refractivity contribution in [2.24, 2.45) is 0 Å². The Balaban J connectivity index is 1.29. The lowest BCUT2D eigenvalue weighted by Crippen LogP contribution is -2.32. The summed E-state index contributed by atoms with van der Waals surface area (Å²) in [5.74, 6) is 3.76. The van der Waals surface area contributed by atoms with Crippen molar-refractivity contribution in [2.45, 2.75) is 12.3 Å². The molecule has 1 aromatic heterocycles. The van der Waals surface area contributed by atoms with Crippen LogP contribution in [0.15, 0.2) is 146 Å². The van der Waals surface area contributed by atoms with Crippen LogP contribution in [0.1, 0.15) is 28.1 Å². The zero-order valence-corrected chi connectivity index (χ0v) is 24.6. The van der Waals surface area contributed by atoms with Crippen LogP contribution in [0, 0.1) is 6.92 Å². The Morgan fingerprint density at radius 3 is 1.78 bits per heavy atom. The molecule has 2 aliphatic rings. The van der Waals surface area contributed by atoms with Crippen LogP contribution < -0.4 is 4.74 Å². The van der Waals surface area contributed by atoms with Crippen LogP contribution in [0.3, 0.4) is 0 Å². The molecule has 1 aliphatic heterocycles. The Hall–Kier alpha value is -5.87. The summed E-state index contributed by atoms with van der Waals surface area (Å²) in [6.07, 6.45) is 0. The SMILES string of the molecule is Cc1nc(-c2cccc(-c3ccccc3)c2)nc(-c2cccc3c2-c2ccccc2C32c3ccccc3Oc3ccccc32)n1. The Morgan fingerprint density at radius 1 is 0.444 bits per heavy atom. The number of hydrogen-bond donors (Lipinski definition) is 0. The second-order valence-electron chi connectivity index (χ2n) is 11.6. The number of nitrogens with zero attached hydrogens (tertiary/aromatic N) is 3. The van der Waals surface area contributed by atoms with E-state index in [1.165, 1.54) is 16.7 Å². The highest BCUT2D eigenvalue weighted by Crippen LogP contribution is 2.63. The molecule has 0 saturated heterocycles. The van der Waals surface area contributed by atoms with Gasteiger partial charge in [-0.15, -0.1) is 0 Å². The fourth-order valence-corrected chi connectivity index (χ4v) is 7.29. The Labute approximate surface area is 261 Å². The zero-order valence-electron chi connectivity index (χ0n) is 24.6. The molecule has 0 radical (unpaired) electrons. The van der Waals surface area contributed by atoms with Crippen molar-refractivity contribution in [3.63, 3.8) is 0 Å². The van der Waals surface area contributed by atoms with Gasteiger partial charge in [-0.2, -0.15) is 0 Å². The fourth-order valence-electron chi connectivity index (χ4n) is 7.29. The van der Waals surface area contributed by atoms with E-state index in [0.29, 0.717) is 17.5 Å². The van der Waals surface area contributed by atoms with Gasteiger partial charge >= 0.3 is 0 Å². The Morgan fingerprint density at radius 2 is 1.00 bits per heavy atom. The van der Waals surface area contributed by atoms with Crippen molar-refractivity contribution in [3.8, 4) is 56.5 Å². The quantitative estimate of drug-likeness (QED) is 0.210. The topological polar surface area (TPSA) is 47.9 Å². The first-order chi connectivity index (χ1) is 22.2. The molecule has 6 aromatic carbocycles. The molecule has 0 bridgehead atoms. The molecule has 212 valence electrons. The van der Waals surface area contributed by atoms with Gasteiger partial charge in [0.1, 0.15) is 17.3 Å². The van der Waals surface area contributed by atoms with Crippen LogP contribution in [0.25, 0.3) is 45.0 Å². The lowest BCUT2D eigenvalue weighted by molar-refractivity contribution is 0.436. The number of benzene rings is 6. The first-order valence-electron chi connectivity index (χ1n) is 15.2. The minimum Gasteiger partial charge on any atom is -0.457 e. The fraction of sp³-hybridized carbons (Fsp3) is 0.0488. The van der Waals surface area contributed by atoms with Crippen LogP contribution >= 0.6 is 0 Å². The Kier molecular flexibility index (Phi) is 5.59. The average molecular weight is 578 g/mol. The highest BCUT2D eigenvalue weighted by Gasteiger charge is 2.51. The third-order valence-corrected chi connectivity index (χ3v) is 9.09. The molecule has 4 heteroatoms. The van der Waals surface area contributed by atoms with Crippen LogP contribution in [0.5, 0.6) is 11.5 Å². The lowest BCUT2D eigenvalue weighted by Gasteiger charge is -2.39. The second-order valence-corrected chi connectivity index (χ2v) is 11.6. The third-order valence-electron chi connectivity index (χ3n) is 9.09. The van der Waals surface area contributed by atoms with Gasteiger partial charge in [0.15, 0.2) is 11.6 Å². The molecule has 0 amide bonds. The number of aryl methyl sites for hydroxylation is 1. The summed E-state index contributed by atoms with van der Waals surface area (Å²) in [6, 6.07) is 50.9. The molecule has 7 aromatic rings. The molecule has 1 spiro atoms. The number of para-hydroxylation sites is 2. The van der Waals surface area contributed by atoms with Crippen molar-refractivity contribution in [2.75, 3.05) is 0 Å². The van der Waals surface area contributed by atoms with Crippen molar-refractivity contribution < 1.29 is 4.74 Å². The van der Waals surface area contributed by atoms with Crippen molar-refractivity contribution in [3.05, 3.63) is 174 Å². The van der Waals surface area contributed by atoms with Crippen LogP contribution in [0.4, 0.5) is 0 Å². The van der Waals surface area contributed by atoms with E-state index in [1.54, 1.807) is 0 Å². The molecular formula is C41H27N3O. The summed E-state index contributed by atoms with van der Waals surface area (Å²) in [5.41, 5.74) is 10.7. The number of rotatable bonds is 3. The third kappa shape index (κ3) is 3.76. The smallest absolute Gasteiger partial charge is 0.164 e. The van der Waals surface area contributed by atoms with E-state index < -0.39 is 5.41 Å². The van der Waals surface area contributed by atoms with Gasteiger partial charge in [0.05, 0.1) is 5.41 Å². The summed E-state index contributed by atoms with van der Waals surface area (Å²) in [5, 5.41) is 0. The largest absolute Gasteiger partial charge is 0.457 e. The molecule has 0 N–H and O–H groups in total. The van der Waals surface area contributed by atoms with E-state index in [0.717, 1.165) is 50.4 Å². The predicted molar refractivity (Wildman–Crippen MR) is 178 cm³/mol. The van der Waals surface area contributed by atoms with E-state index in [9.17, 15) is 0 Å². The summed E-state index contributed by atoms with van der Waals surface area (Å²) in [7, 11) is 0. The van der Waals surface area contributed by atoms with E-state index in [1.807, 2.05) is 25.1 Å². The van der Waals surface area contributed by atoms with Crippen molar-refractivity contribution in [1.82, 2.24) is 15.0 Å². The van der Waals surface area contributed by atoms with Gasteiger partial charge in [-0.05, 0) is 58.5 Å². The van der Waals surface area contributed by atoms with Gasteiger partial charge in [-0.3, -0.25) is 0 Å². The maximum absolute atomic E-state index is 6.50. The molecule has 45 heavy (non-hydrogen) atoms. The zero-order chi connectivity index (χ0) is 30.0. The first-order valence-corrected chi connectivity index (χ1v) is 15.2. The van der Waals surface area contributed by atoms with E-state index in [2.05, 4.69) is 127 Å². The number of fused-ring (bicyclic) bond motifs is 9. The molecule has 0 unspecified atom stereocenters. The van der Waals surface area contributed by atoms with E-state index in [-0.39, 0.29) is 0 Å². The van der Waals surface area contributed by atoms with Gasteiger partial charge in [0.2, 0.25) is 0 Å². The van der Waals surface area contributed by atoms with Crippen LogP contribution in [0.2, 0.25) is 0 Å². The molecule has 0 fully saturated rings. The molecular weight excluding hydrogens is 550 g/mol. The minimum absolute atomic E-state index is 0.539. The highest BCUT2D eigenvalue weighted by atomic mass is 16.5. The van der Waals surface area contributed by atoms with Crippen molar-refractivity contribution >= 4 is 0 Å². The normalized spacial score (nSPS) is 13.4. The van der Waals surface area contributed by atoms with Gasteiger partial charge in [0, 0.05) is 22.3 Å². The maximum atomic E-state index is 6.50. The van der Waals surface area contributed by atoms with E-state index >= 15 is 0 Å². The minimum atomic E-state index is -0.539. The molecule has 2 heterocycles. The standard InChI is InChI=1S/C41H27N3O/c1-26-42-39(29-16-11-15-28(25-29)27-13-3-2-4-14-27)44-40(43-26)31-18-12-22-35-38(31)30-17-5-6-19-32(30)41(35)33-20-7-9-23-36(33)45-37-24-10-8-21-34(37)41/h2-25H,1H3. The molecule has 0 atom stereocenters. The molecule has 0 saturated carbocycles. The summed E-state index contributed by atoms with van der Waals surface area (Å²) < 4.78 is 6.50. The van der Waals surface area contributed by atoms with Crippen LogP contribution in [-0.2, 0) is 5.41 Å². The summed E-state index contributed by atoms with van der Waals surface area (Å²) in [4.78, 5) is 14.9. The van der Waals surface area contributed by atoms with E-state index in [4.69, 9.17) is 19.7 Å². The molecule has 1 aliphatic carbocycles. The van der Waals surface area contributed by atoms with Gasteiger partial charge in [-0.25, -0.2) is 15.0 Å². The predicted octanol–water partition coefficient (Wildman–Crippen LogP) is 9.65. The van der Waals surface area contributed by atoms with Gasteiger partial charge < -0.3 is 4.74 Å². The lowest BCUT2D eigenvalue weighted by atomic mass is 9.66. The average Bonchev–Trinajstić information content (AvgIpc) is 3.39.